The third kappa shape index (κ3) is 7.29. The summed E-state index contributed by atoms with van der Waals surface area (Å²) in [5.41, 5.74) is 9.78. The van der Waals surface area contributed by atoms with Crippen molar-refractivity contribution < 1.29 is 14.3 Å². The van der Waals surface area contributed by atoms with E-state index < -0.39 is 11.1 Å². The number of para-hydroxylation sites is 1. The lowest BCUT2D eigenvalue weighted by atomic mass is 9.91. The molecule has 0 aromatic heterocycles. The van der Waals surface area contributed by atoms with Crippen LogP contribution < -0.4 is 11.1 Å². The number of rotatable bonds is 6. The summed E-state index contributed by atoms with van der Waals surface area (Å²) in [5.74, 6) is 0.0177. The summed E-state index contributed by atoms with van der Waals surface area (Å²) < 4.78 is 5.56. The van der Waals surface area contributed by atoms with Gasteiger partial charge in [0.15, 0.2) is 0 Å². The molecular formula is C33H40N4O3. The molecule has 40 heavy (non-hydrogen) atoms. The van der Waals surface area contributed by atoms with Crippen LogP contribution in [0.5, 0.6) is 0 Å². The van der Waals surface area contributed by atoms with Crippen molar-refractivity contribution in [2.45, 2.75) is 64.5 Å². The van der Waals surface area contributed by atoms with Crippen LogP contribution in [0, 0.1) is 0 Å². The fourth-order valence-electron chi connectivity index (χ4n) is 4.89. The number of likely N-dealkylation sites (tertiary alicyclic amines) is 1. The van der Waals surface area contributed by atoms with Crippen LogP contribution in [-0.2, 0) is 10.3 Å². The largest absolute Gasteiger partial charge is 0.444 e. The highest BCUT2D eigenvalue weighted by Crippen LogP contribution is 2.29. The lowest BCUT2D eigenvalue weighted by molar-refractivity contribution is 0.0198. The third-order valence-electron chi connectivity index (χ3n) is 7.10. The number of anilines is 1. The average Bonchev–Trinajstić information content (AvgIpc) is 2.92. The van der Waals surface area contributed by atoms with E-state index in [1.807, 2.05) is 89.2 Å². The Morgan fingerprint density at radius 2 is 1.68 bits per heavy atom. The summed E-state index contributed by atoms with van der Waals surface area (Å²) in [5, 5.41) is 3.09. The van der Waals surface area contributed by atoms with Gasteiger partial charge >= 0.3 is 6.09 Å². The molecule has 210 valence electrons. The van der Waals surface area contributed by atoms with Crippen molar-refractivity contribution in [1.82, 2.24) is 10.2 Å². The van der Waals surface area contributed by atoms with Gasteiger partial charge in [-0.05, 0) is 76.8 Å². The highest BCUT2D eigenvalue weighted by atomic mass is 16.6. The van der Waals surface area contributed by atoms with Crippen molar-refractivity contribution >= 4 is 29.6 Å². The van der Waals surface area contributed by atoms with Crippen LogP contribution in [-0.4, -0.2) is 41.8 Å². The second kappa shape index (κ2) is 11.9. The molecule has 0 radical (unpaired) electrons. The number of ether oxygens (including phenoxy) is 1. The first-order valence-corrected chi connectivity index (χ1v) is 13.8. The Balaban J connectivity index is 1.42. The monoisotopic (exact) mass is 540 g/mol. The van der Waals surface area contributed by atoms with Crippen molar-refractivity contribution in [2.75, 3.05) is 18.8 Å². The fraction of sp³-hybridized carbons (Fsp3) is 0.364. The van der Waals surface area contributed by atoms with Gasteiger partial charge in [0.05, 0.1) is 22.5 Å². The number of nitrogen functional groups attached to an aromatic ring is 1. The first kappa shape index (κ1) is 28.9. The normalized spacial score (nSPS) is 16.1. The molecule has 7 heteroatoms. The van der Waals surface area contributed by atoms with Crippen LogP contribution in [0.15, 0.2) is 77.8 Å². The predicted molar refractivity (Wildman–Crippen MR) is 161 cm³/mol. The van der Waals surface area contributed by atoms with E-state index in [0.717, 1.165) is 30.6 Å². The molecule has 3 aromatic carbocycles. The fourth-order valence-corrected chi connectivity index (χ4v) is 4.89. The topological polar surface area (TPSA) is 97.0 Å². The molecule has 1 fully saturated rings. The Labute approximate surface area is 237 Å². The Morgan fingerprint density at radius 3 is 2.35 bits per heavy atom. The van der Waals surface area contributed by atoms with Crippen LogP contribution in [0.3, 0.4) is 0 Å². The highest BCUT2D eigenvalue weighted by Gasteiger charge is 2.28. The summed E-state index contributed by atoms with van der Waals surface area (Å²) >= 11 is 0. The molecule has 0 aliphatic carbocycles. The molecule has 1 atom stereocenters. The molecular weight excluding hydrogens is 500 g/mol. The molecule has 1 heterocycles. The molecule has 3 aromatic rings. The SMILES string of the molecule is CC(C)(C)OC(=O)N1CCC[C@@H](c2ccc(N=Cc3cccc(C(=O)NC(C)(C)c4ccccc4)c3N)cc2)C1. The van der Waals surface area contributed by atoms with Gasteiger partial charge in [0.2, 0.25) is 0 Å². The first-order chi connectivity index (χ1) is 18.9. The van der Waals surface area contributed by atoms with Crippen LogP contribution in [0.25, 0.3) is 0 Å². The average molecular weight is 541 g/mol. The predicted octanol–water partition coefficient (Wildman–Crippen LogP) is 6.80. The number of aliphatic imine (C=N–C) groups is 1. The zero-order chi connectivity index (χ0) is 28.9. The summed E-state index contributed by atoms with van der Waals surface area (Å²) in [4.78, 5) is 32.1. The summed E-state index contributed by atoms with van der Waals surface area (Å²) in [7, 11) is 0. The Kier molecular flexibility index (Phi) is 8.62. The molecule has 0 saturated carbocycles. The van der Waals surface area contributed by atoms with Crippen LogP contribution >= 0.6 is 0 Å². The first-order valence-electron chi connectivity index (χ1n) is 13.8. The quantitative estimate of drug-likeness (QED) is 0.265. The van der Waals surface area contributed by atoms with Gasteiger partial charge in [0.25, 0.3) is 5.91 Å². The second-order valence-corrected chi connectivity index (χ2v) is 11.9. The number of amides is 2. The van der Waals surface area contributed by atoms with E-state index in [0.29, 0.717) is 23.4 Å². The van der Waals surface area contributed by atoms with Crippen molar-refractivity contribution in [3.63, 3.8) is 0 Å². The van der Waals surface area contributed by atoms with Gasteiger partial charge in [0, 0.05) is 30.8 Å². The Bertz CT molecular complexity index is 1360. The lowest BCUT2D eigenvalue weighted by Gasteiger charge is -2.34. The Hall–Kier alpha value is -4.13. The van der Waals surface area contributed by atoms with Gasteiger partial charge < -0.3 is 20.7 Å². The molecule has 3 N–H and O–H groups in total. The van der Waals surface area contributed by atoms with Gasteiger partial charge in [-0.2, -0.15) is 0 Å². The molecule has 0 unspecified atom stereocenters. The highest BCUT2D eigenvalue weighted by molar-refractivity contribution is 6.04. The number of piperidine rings is 1. The summed E-state index contributed by atoms with van der Waals surface area (Å²) in [6, 6.07) is 23.3. The van der Waals surface area contributed by atoms with E-state index in [9.17, 15) is 9.59 Å². The van der Waals surface area contributed by atoms with E-state index in [1.165, 1.54) is 5.56 Å². The second-order valence-electron chi connectivity index (χ2n) is 11.9. The maximum atomic E-state index is 13.1. The Morgan fingerprint density at radius 1 is 0.975 bits per heavy atom. The maximum absolute atomic E-state index is 13.1. The number of carbonyl (C=O) groups is 2. The van der Waals surface area contributed by atoms with E-state index >= 15 is 0 Å². The molecule has 1 saturated heterocycles. The van der Waals surface area contributed by atoms with E-state index in [4.69, 9.17) is 10.5 Å². The van der Waals surface area contributed by atoms with Crippen molar-refractivity contribution in [2.24, 2.45) is 4.99 Å². The van der Waals surface area contributed by atoms with Crippen molar-refractivity contribution in [3.05, 3.63) is 95.1 Å². The number of nitrogens with zero attached hydrogens (tertiary/aromatic N) is 2. The van der Waals surface area contributed by atoms with Gasteiger partial charge in [-0.1, -0.05) is 54.6 Å². The lowest BCUT2D eigenvalue weighted by Crippen LogP contribution is -2.42. The van der Waals surface area contributed by atoms with Gasteiger partial charge in [-0.3, -0.25) is 9.79 Å². The zero-order valence-corrected chi connectivity index (χ0v) is 24.1. The van der Waals surface area contributed by atoms with E-state index in [1.54, 1.807) is 17.2 Å². The molecule has 0 bridgehead atoms. The van der Waals surface area contributed by atoms with E-state index in [-0.39, 0.29) is 17.9 Å². The number of hydrogen-bond donors (Lipinski definition) is 2. The van der Waals surface area contributed by atoms with Gasteiger partial charge in [0.1, 0.15) is 5.60 Å². The van der Waals surface area contributed by atoms with E-state index in [2.05, 4.69) is 22.4 Å². The number of nitrogens with one attached hydrogen (secondary N) is 1. The molecule has 7 nitrogen and oxygen atoms in total. The third-order valence-corrected chi connectivity index (χ3v) is 7.10. The molecule has 2 amide bonds. The maximum Gasteiger partial charge on any atom is 0.410 e. The smallest absolute Gasteiger partial charge is 0.410 e. The zero-order valence-electron chi connectivity index (χ0n) is 24.1. The molecule has 1 aliphatic rings. The number of carbonyl (C=O) groups excluding carboxylic acids is 2. The minimum atomic E-state index is -0.557. The molecule has 1 aliphatic heterocycles. The van der Waals surface area contributed by atoms with Gasteiger partial charge in [-0.25, -0.2) is 4.79 Å². The van der Waals surface area contributed by atoms with Crippen LogP contribution in [0.4, 0.5) is 16.2 Å². The van der Waals surface area contributed by atoms with Crippen molar-refractivity contribution in [1.29, 1.82) is 0 Å². The summed E-state index contributed by atoms with van der Waals surface area (Å²) in [6.45, 7) is 11.0. The number of hydrogen-bond acceptors (Lipinski definition) is 5. The van der Waals surface area contributed by atoms with Crippen LogP contribution in [0.2, 0.25) is 0 Å². The summed E-state index contributed by atoms with van der Waals surface area (Å²) in [6.07, 6.45) is 3.40. The molecule has 0 spiro atoms. The van der Waals surface area contributed by atoms with Crippen LogP contribution in [0.1, 0.15) is 80.4 Å². The minimum Gasteiger partial charge on any atom is -0.444 e. The number of nitrogens with two attached hydrogens (primary N) is 1. The van der Waals surface area contributed by atoms with Gasteiger partial charge in [-0.15, -0.1) is 0 Å². The molecule has 4 rings (SSSR count). The number of benzene rings is 3. The minimum absolute atomic E-state index is 0.237. The standard InChI is InChI=1S/C33H40N4O3/c1-32(2,3)40-31(39)37-20-10-12-25(22-37)23-16-18-27(19-17-23)35-21-24-11-9-15-28(29(24)34)30(38)36-33(4,5)26-13-7-6-8-14-26/h6-9,11,13-19,21,25H,10,12,20,22,34H2,1-5H3,(H,36,38)/t25-/m1/s1. The van der Waals surface area contributed by atoms with Crippen molar-refractivity contribution in [3.8, 4) is 0 Å².